The number of nitrogens with one attached hydrogen (secondary N) is 1. The lowest BCUT2D eigenvalue weighted by Crippen LogP contribution is -2.19. The zero-order valence-electron chi connectivity index (χ0n) is 8.61. The zero-order valence-corrected chi connectivity index (χ0v) is 9.43. The number of ether oxygens (including phenoxy) is 1. The van der Waals surface area contributed by atoms with E-state index in [1.807, 2.05) is 12.1 Å². The van der Waals surface area contributed by atoms with Crippen LogP contribution in [0.2, 0.25) is 0 Å². The highest BCUT2D eigenvalue weighted by Crippen LogP contribution is 2.24. The summed E-state index contributed by atoms with van der Waals surface area (Å²) in [4.78, 5) is 0.151. The number of hydrogen-bond acceptors (Lipinski definition) is 4. The summed E-state index contributed by atoms with van der Waals surface area (Å²) in [7, 11) is 1.55. The van der Waals surface area contributed by atoms with E-state index in [1.165, 1.54) is 0 Å². The van der Waals surface area contributed by atoms with Gasteiger partial charge in [-0.25, -0.2) is 0 Å². The molecule has 16 heavy (non-hydrogen) atoms. The Morgan fingerprint density at radius 2 is 2.25 bits per heavy atom. The molecule has 0 bridgehead atoms. The summed E-state index contributed by atoms with van der Waals surface area (Å²) in [5.41, 5.74) is 6.39. The first-order chi connectivity index (χ1) is 7.63. The van der Waals surface area contributed by atoms with Crippen LogP contribution in [-0.2, 0) is 0 Å². The predicted octanol–water partition coefficient (Wildman–Crippen LogP) is 1.56. The molecule has 0 aliphatic heterocycles. The standard InChI is InChI=1S/C11H10N2O2S/c1-14-8-4-2-3-6-5-7(11(13)16)10(12)15-9(6)8/h2-5,12H,1H3,(H2,13,16). The molecule has 4 nitrogen and oxygen atoms in total. The smallest absolute Gasteiger partial charge is 0.222 e. The number of nitrogens with two attached hydrogens (primary N) is 1. The van der Waals surface area contributed by atoms with Crippen LogP contribution in [-0.4, -0.2) is 12.1 Å². The molecule has 0 atom stereocenters. The zero-order chi connectivity index (χ0) is 11.7. The van der Waals surface area contributed by atoms with Gasteiger partial charge >= 0.3 is 0 Å². The molecule has 1 aromatic carbocycles. The Morgan fingerprint density at radius 3 is 2.88 bits per heavy atom. The molecule has 2 aromatic rings. The summed E-state index contributed by atoms with van der Waals surface area (Å²) >= 11 is 4.84. The number of para-hydroxylation sites is 1. The highest BCUT2D eigenvalue weighted by atomic mass is 32.1. The Morgan fingerprint density at radius 1 is 1.50 bits per heavy atom. The van der Waals surface area contributed by atoms with Gasteiger partial charge in [0.1, 0.15) is 4.99 Å². The van der Waals surface area contributed by atoms with Gasteiger partial charge in [0.05, 0.1) is 12.7 Å². The number of benzene rings is 1. The van der Waals surface area contributed by atoms with Crippen LogP contribution in [0.4, 0.5) is 0 Å². The summed E-state index contributed by atoms with van der Waals surface area (Å²) in [5, 5.41) is 8.47. The molecule has 1 heterocycles. The monoisotopic (exact) mass is 234 g/mol. The molecule has 3 N–H and O–H groups in total. The van der Waals surface area contributed by atoms with Crippen LogP contribution in [0, 0.1) is 5.41 Å². The third kappa shape index (κ3) is 1.65. The fourth-order valence-electron chi connectivity index (χ4n) is 1.48. The van der Waals surface area contributed by atoms with E-state index in [0.717, 1.165) is 5.39 Å². The number of fused-ring (bicyclic) bond motifs is 1. The average Bonchev–Trinajstić information content (AvgIpc) is 2.27. The fraction of sp³-hybridized carbons (Fsp3) is 0.0909. The van der Waals surface area contributed by atoms with Crippen LogP contribution >= 0.6 is 12.2 Å². The molecule has 0 amide bonds. The van der Waals surface area contributed by atoms with E-state index < -0.39 is 0 Å². The van der Waals surface area contributed by atoms with Crippen molar-refractivity contribution in [3.63, 3.8) is 0 Å². The quantitative estimate of drug-likeness (QED) is 0.773. The van der Waals surface area contributed by atoms with Crippen molar-refractivity contribution >= 4 is 28.2 Å². The van der Waals surface area contributed by atoms with Crippen LogP contribution in [0.1, 0.15) is 5.56 Å². The lowest BCUT2D eigenvalue weighted by molar-refractivity contribution is 0.404. The maximum Gasteiger partial charge on any atom is 0.222 e. The van der Waals surface area contributed by atoms with Gasteiger partial charge in [-0.1, -0.05) is 24.4 Å². The molecular formula is C11H10N2O2S. The molecule has 0 aliphatic carbocycles. The second-order valence-corrected chi connectivity index (χ2v) is 3.67. The summed E-state index contributed by atoms with van der Waals surface area (Å²) in [6.07, 6.45) is 0. The lowest BCUT2D eigenvalue weighted by Gasteiger charge is -2.05. The molecule has 0 radical (unpaired) electrons. The van der Waals surface area contributed by atoms with E-state index in [9.17, 15) is 0 Å². The minimum Gasteiger partial charge on any atom is -0.493 e. The van der Waals surface area contributed by atoms with Gasteiger partial charge in [0, 0.05) is 5.39 Å². The van der Waals surface area contributed by atoms with Gasteiger partial charge in [0.2, 0.25) is 5.55 Å². The Labute approximate surface area is 97.1 Å². The lowest BCUT2D eigenvalue weighted by atomic mass is 10.2. The molecule has 0 saturated carbocycles. The molecule has 0 fully saturated rings. The maximum atomic E-state index is 7.67. The van der Waals surface area contributed by atoms with Crippen molar-refractivity contribution in [2.75, 3.05) is 7.11 Å². The largest absolute Gasteiger partial charge is 0.493 e. The summed E-state index contributed by atoms with van der Waals surface area (Å²) in [6, 6.07) is 7.18. The van der Waals surface area contributed by atoms with Crippen molar-refractivity contribution in [2.24, 2.45) is 5.73 Å². The molecule has 0 spiro atoms. The van der Waals surface area contributed by atoms with E-state index in [2.05, 4.69) is 0 Å². The van der Waals surface area contributed by atoms with Gasteiger partial charge in [-0.3, -0.25) is 5.41 Å². The summed E-state index contributed by atoms with van der Waals surface area (Å²) in [6.45, 7) is 0. The van der Waals surface area contributed by atoms with E-state index in [0.29, 0.717) is 16.9 Å². The first kappa shape index (κ1) is 10.6. The van der Waals surface area contributed by atoms with Gasteiger partial charge in [0.25, 0.3) is 0 Å². The number of thiocarbonyl (C=S) groups is 1. The van der Waals surface area contributed by atoms with E-state index >= 15 is 0 Å². The maximum absolute atomic E-state index is 7.67. The Bertz CT molecular complexity index is 619. The first-order valence-electron chi connectivity index (χ1n) is 4.58. The SMILES string of the molecule is COc1cccc2cc(C(N)=S)c(=N)oc12. The fourth-order valence-corrected chi connectivity index (χ4v) is 1.63. The average molecular weight is 234 g/mol. The van der Waals surface area contributed by atoms with Gasteiger partial charge in [-0.05, 0) is 12.1 Å². The third-order valence-corrected chi connectivity index (χ3v) is 2.46. The number of methoxy groups -OCH3 is 1. The minimum atomic E-state index is -0.0514. The molecule has 82 valence electrons. The highest BCUT2D eigenvalue weighted by molar-refractivity contribution is 7.80. The highest BCUT2D eigenvalue weighted by Gasteiger charge is 2.08. The van der Waals surface area contributed by atoms with Crippen LogP contribution < -0.4 is 16.0 Å². The normalized spacial score (nSPS) is 10.3. The predicted molar refractivity (Wildman–Crippen MR) is 64.5 cm³/mol. The van der Waals surface area contributed by atoms with Crippen molar-refractivity contribution < 1.29 is 9.15 Å². The van der Waals surface area contributed by atoms with E-state index in [1.54, 1.807) is 19.2 Å². The number of rotatable bonds is 2. The number of hydrogen-bond donors (Lipinski definition) is 2. The summed E-state index contributed by atoms with van der Waals surface area (Å²) < 4.78 is 10.5. The van der Waals surface area contributed by atoms with E-state index in [4.69, 9.17) is 32.5 Å². The molecule has 1 aromatic heterocycles. The second-order valence-electron chi connectivity index (χ2n) is 3.23. The van der Waals surface area contributed by atoms with Crippen LogP contribution in [0.5, 0.6) is 5.75 Å². The molecule has 5 heteroatoms. The molecule has 2 rings (SSSR count). The van der Waals surface area contributed by atoms with E-state index in [-0.39, 0.29) is 10.5 Å². The van der Waals surface area contributed by atoms with Gasteiger partial charge < -0.3 is 14.9 Å². The van der Waals surface area contributed by atoms with Gasteiger partial charge in [-0.15, -0.1) is 0 Å². The minimum absolute atomic E-state index is 0.0514. The van der Waals surface area contributed by atoms with Crippen molar-refractivity contribution in [2.45, 2.75) is 0 Å². The van der Waals surface area contributed by atoms with Gasteiger partial charge in [-0.2, -0.15) is 0 Å². The Balaban J connectivity index is 2.83. The van der Waals surface area contributed by atoms with Crippen molar-refractivity contribution in [1.82, 2.24) is 0 Å². The molecule has 0 unspecified atom stereocenters. The first-order valence-corrected chi connectivity index (χ1v) is 4.99. The summed E-state index contributed by atoms with van der Waals surface area (Å²) in [5.74, 6) is 0.584. The Hall–Kier alpha value is -1.88. The Kier molecular flexibility index (Phi) is 2.62. The second kappa shape index (κ2) is 3.94. The van der Waals surface area contributed by atoms with Gasteiger partial charge in [0.15, 0.2) is 11.3 Å². The van der Waals surface area contributed by atoms with Crippen LogP contribution in [0.15, 0.2) is 28.7 Å². The van der Waals surface area contributed by atoms with Crippen molar-refractivity contribution in [1.29, 1.82) is 5.41 Å². The van der Waals surface area contributed by atoms with Crippen molar-refractivity contribution in [3.8, 4) is 5.75 Å². The molecule has 0 aliphatic rings. The third-order valence-electron chi connectivity index (χ3n) is 2.24. The molecule has 0 saturated heterocycles. The van der Waals surface area contributed by atoms with Crippen LogP contribution in [0.3, 0.4) is 0 Å². The molecular weight excluding hydrogens is 224 g/mol. The topological polar surface area (TPSA) is 72.2 Å². The van der Waals surface area contributed by atoms with Crippen molar-refractivity contribution in [3.05, 3.63) is 35.4 Å². The van der Waals surface area contributed by atoms with Crippen LogP contribution in [0.25, 0.3) is 11.0 Å².